The second kappa shape index (κ2) is 12.0. The Morgan fingerprint density at radius 1 is 1.13 bits per heavy atom. The molecule has 4 rings (SSSR count). The third-order valence-corrected chi connectivity index (χ3v) is 6.63. The summed E-state index contributed by atoms with van der Waals surface area (Å²) in [6.45, 7) is 5.19. The summed E-state index contributed by atoms with van der Waals surface area (Å²) in [6.07, 6.45) is 1.51. The largest absolute Gasteiger partial charge is 0.353 e. The van der Waals surface area contributed by atoms with Crippen molar-refractivity contribution >= 4 is 23.4 Å². The highest BCUT2D eigenvalue weighted by atomic mass is 19.1. The summed E-state index contributed by atoms with van der Waals surface area (Å²) in [7, 11) is 3.89. The molecule has 1 aromatic heterocycles. The average molecular weight is 533 g/mol. The molecule has 0 unspecified atom stereocenters. The first-order valence-corrected chi connectivity index (χ1v) is 12.7. The van der Waals surface area contributed by atoms with Gasteiger partial charge >= 0.3 is 0 Å². The van der Waals surface area contributed by atoms with Gasteiger partial charge in [-0.1, -0.05) is 24.3 Å². The first kappa shape index (κ1) is 27.7. The SMILES string of the molecule is Cc1ccc(-c2cc(C)n(CC(=O)NCCN(C)C)n2)cc1NC(=O)C1=CNC(=O)C[C@H]1c1ccc(F)cc1. The molecule has 9 nitrogen and oxygen atoms in total. The van der Waals surface area contributed by atoms with Crippen molar-refractivity contribution in [3.8, 4) is 11.3 Å². The second-order valence-corrected chi connectivity index (χ2v) is 9.94. The molecule has 204 valence electrons. The minimum atomic E-state index is -0.495. The van der Waals surface area contributed by atoms with E-state index in [0.717, 1.165) is 23.4 Å². The van der Waals surface area contributed by atoms with Crippen LogP contribution in [0.3, 0.4) is 0 Å². The predicted molar refractivity (Wildman–Crippen MR) is 147 cm³/mol. The highest BCUT2D eigenvalue weighted by Gasteiger charge is 2.29. The van der Waals surface area contributed by atoms with E-state index >= 15 is 0 Å². The van der Waals surface area contributed by atoms with Crippen LogP contribution in [0.25, 0.3) is 11.3 Å². The van der Waals surface area contributed by atoms with Crippen LogP contribution >= 0.6 is 0 Å². The number of amides is 3. The lowest BCUT2D eigenvalue weighted by Gasteiger charge is -2.24. The first-order chi connectivity index (χ1) is 18.6. The van der Waals surface area contributed by atoms with Gasteiger partial charge in [0.2, 0.25) is 11.8 Å². The van der Waals surface area contributed by atoms with E-state index in [1.807, 2.05) is 57.1 Å². The van der Waals surface area contributed by atoms with E-state index in [9.17, 15) is 18.8 Å². The van der Waals surface area contributed by atoms with Crippen molar-refractivity contribution < 1.29 is 18.8 Å². The molecule has 0 spiro atoms. The second-order valence-electron chi connectivity index (χ2n) is 9.94. The number of halogens is 1. The molecule has 3 amide bonds. The normalized spacial score (nSPS) is 15.1. The molecule has 2 heterocycles. The van der Waals surface area contributed by atoms with Crippen molar-refractivity contribution in [1.82, 2.24) is 25.3 Å². The van der Waals surface area contributed by atoms with Crippen molar-refractivity contribution in [2.24, 2.45) is 0 Å². The topological polar surface area (TPSA) is 108 Å². The zero-order valence-corrected chi connectivity index (χ0v) is 22.5. The lowest BCUT2D eigenvalue weighted by Crippen LogP contribution is -2.34. The molecule has 0 saturated heterocycles. The Hall–Kier alpha value is -4.31. The van der Waals surface area contributed by atoms with Crippen LogP contribution in [0.1, 0.15) is 29.2 Å². The van der Waals surface area contributed by atoms with Crippen molar-refractivity contribution in [3.05, 3.63) is 82.9 Å². The van der Waals surface area contributed by atoms with Gasteiger partial charge in [0.1, 0.15) is 12.4 Å². The molecular weight excluding hydrogens is 499 g/mol. The van der Waals surface area contributed by atoms with Gasteiger partial charge in [0.05, 0.1) is 5.69 Å². The van der Waals surface area contributed by atoms with Crippen LogP contribution in [0.5, 0.6) is 0 Å². The summed E-state index contributed by atoms with van der Waals surface area (Å²) < 4.78 is 15.1. The number of nitrogens with one attached hydrogen (secondary N) is 3. The van der Waals surface area contributed by atoms with Crippen LogP contribution in [0, 0.1) is 19.7 Å². The number of anilines is 1. The average Bonchev–Trinajstić information content (AvgIpc) is 3.25. The minimum absolute atomic E-state index is 0.0866. The third kappa shape index (κ3) is 6.97. The quantitative estimate of drug-likeness (QED) is 0.393. The van der Waals surface area contributed by atoms with Gasteiger partial charge in [0.25, 0.3) is 5.91 Å². The van der Waals surface area contributed by atoms with E-state index in [2.05, 4.69) is 21.0 Å². The number of carbonyl (C=O) groups is 3. The smallest absolute Gasteiger partial charge is 0.253 e. The standard InChI is InChI=1S/C29H33FN6O3/c1-18-5-6-21(26-13-19(2)36(34-26)17-28(38)31-11-12-35(3)4)14-25(18)33-29(39)24-16-32-27(37)15-23(24)20-7-9-22(30)10-8-20/h5-10,13-14,16,23H,11-12,15,17H2,1-4H3,(H,31,38)(H,32,37)(H,33,39)/t23-/m0/s1. The zero-order chi connectivity index (χ0) is 28.1. The number of nitrogens with zero attached hydrogens (tertiary/aromatic N) is 3. The Morgan fingerprint density at radius 3 is 2.59 bits per heavy atom. The van der Waals surface area contributed by atoms with Crippen molar-refractivity contribution in [2.45, 2.75) is 32.7 Å². The lowest BCUT2D eigenvalue weighted by molar-refractivity contribution is -0.122. The Labute approximate surface area is 227 Å². The number of hydrogen-bond donors (Lipinski definition) is 3. The fourth-order valence-electron chi connectivity index (χ4n) is 4.36. The van der Waals surface area contributed by atoms with Crippen LogP contribution in [0.4, 0.5) is 10.1 Å². The summed E-state index contributed by atoms with van der Waals surface area (Å²) in [5.41, 5.74) is 4.81. The Bertz CT molecular complexity index is 1410. The molecule has 0 radical (unpaired) electrons. The van der Waals surface area contributed by atoms with Crippen LogP contribution in [0.2, 0.25) is 0 Å². The molecule has 1 aliphatic heterocycles. The molecule has 2 aromatic carbocycles. The number of aryl methyl sites for hydroxylation is 2. The Kier molecular flexibility index (Phi) is 8.55. The highest BCUT2D eigenvalue weighted by Crippen LogP contribution is 2.32. The minimum Gasteiger partial charge on any atom is -0.353 e. The van der Waals surface area contributed by atoms with Gasteiger partial charge in [0.15, 0.2) is 0 Å². The lowest BCUT2D eigenvalue weighted by atomic mass is 9.86. The molecular formula is C29H33FN6O3. The molecule has 0 bridgehead atoms. The Balaban J connectivity index is 1.51. The number of rotatable bonds is 9. The van der Waals surface area contributed by atoms with E-state index in [1.165, 1.54) is 18.3 Å². The van der Waals surface area contributed by atoms with Gasteiger partial charge in [0, 0.05) is 54.1 Å². The van der Waals surface area contributed by atoms with E-state index in [1.54, 1.807) is 16.8 Å². The van der Waals surface area contributed by atoms with E-state index in [0.29, 0.717) is 29.1 Å². The summed E-state index contributed by atoms with van der Waals surface area (Å²) in [6, 6.07) is 13.4. The van der Waals surface area contributed by atoms with E-state index in [4.69, 9.17) is 0 Å². The fraction of sp³-hybridized carbons (Fsp3) is 0.310. The van der Waals surface area contributed by atoms with Crippen LogP contribution in [-0.2, 0) is 20.9 Å². The van der Waals surface area contributed by atoms with Crippen molar-refractivity contribution in [1.29, 1.82) is 0 Å². The highest BCUT2D eigenvalue weighted by molar-refractivity contribution is 6.07. The Morgan fingerprint density at radius 2 is 1.87 bits per heavy atom. The third-order valence-electron chi connectivity index (χ3n) is 6.63. The van der Waals surface area contributed by atoms with E-state index in [-0.39, 0.29) is 36.5 Å². The molecule has 3 N–H and O–H groups in total. The van der Waals surface area contributed by atoms with E-state index < -0.39 is 5.92 Å². The number of hydrogen-bond acceptors (Lipinski definition) is 5. The first-order valence-electron chi connectivity index (χ1n) is 12.7. The molecule has 1 atom stereocenters. The van der Waals surface area contributed by atoms with Crippen LogP contribution in [-0.4, -0.2) is 59.6 Å². The predicted octanol–water partition coefficient (Wildman–Crippen LogP) is 3.11. The monoisotopic (exact) mass is 532 g/mol. The maximum Gasteiger partial charge on any atom is 0.253 e. The van der Waals surface area contributed by atoms with Gasteiger partial charge in [-0.25, -0.2) is 4.39 Å². The van der Waals surface area contributed by atoms with Crippen LogP contribution < -0.4 is 16.0 Å². The molecule has 39 heavy (non-hydrogen) atoms. The maximum atomic E-state index is 13.5. The molecule has 0 aliphatic carbocycles. The van der Waals surface area contributed by atoms with Gasteiger partial charge in [-0.3, -0.25) is 19.1 Å². The molecule has 10 heteroatoms. The maximum absolute atomic E-state index is 13.5. The van der Waals surface area contributed by atoms with Gasteiger partial charge < -0.3 is 20.9 Å². The molecule has 3 aromatic rings. The summed E-state index contributed by atoms with van der Waals surface area (Å²) in [4.78, 5) is 39.8. The number of carbonyl (C=O) groups excluding carboxylic acids is 3. The molecule has 0 fully saturated rings. The van der Waals surface area contributed by atoms with Crippen LogP contribution in [0.15, 0.2) is 60.3 Å². The molecule has 0 saturated carbocycles. The van der Waals surface area contributed by atoms with Gasteiger partial charge in [-0.2, -0.15) is 5.10 Å². The molecule has 1 aliphatic rings. The summed E-state index contributed by atoms with van der Waals surface area (Å²) in [5.74, 6) is -1.57. The van der Waals surface area contributed by atoms with Crippen molar-refractivity contribution in [2.75, 3.05) is 32.5 Å². The number of aromatic nitrogens is 2. The van der Waals surface area contributed by atoms with Gasteiger partial charge in [-0.05, 0) is 63.3 Å². The van der Waals surface area contributed by atoms with Crippen molar-refractivity contribution in [3.63, 3.8) is 0 Å². The van der Waals surface area contributed by atoms with Gasteiger partial charge in [-0.15, -0.1) is 0 Å². The number of likely N-dealkylation sites (N-methyl/N-ethyl adjacent to an activating group) is 1. The fourth-order valence-corrected chi connectivity index (χ4v) is 4.36. The zero-order valence-electron chi connectivity index (χ0n) is 22.5. The summed E-state index contributed by atoms with van der Waals surface area (Å²) >= 11 is 0. The summed E-state index contributed by atoms with van der Waals surface area (Å²) in [5, 5.41) is 13.1. The number of benzene rings is 2.